The summed E-state index contributed by atoms with van der Waals surface area (Å²) in [6, 6.07) is 6.63. The first kappa shape index (κ1) is 18.1. The third-order valence-corrected chi connectivity index (χ3v) is 4.41. The summed E-state index contributed by atoms with van der Waals surface area (Å²) in [5.74, 6) is -0.443. The minimum Gasteiger partial charge on any atom is -0.494 e. The summed E-state index contributed by atoms with van der Waals surface area (Å²) in [5, 5.41) is 12.6. The zero-order valence-electron chi connectivity index (χ0n) is 13.8. The summed E-state index contributed by atoms with van der Waals surface area (Å²) < 4.78 is 5.53. The van der Waals surface area contributed by atoms with Gasteiger partial charge in [0.2, 0.25) is 5.91 Å². The fraction of sp³-hybridized carbons (Fsp3) is 0.353. The number of carboxylic acids is 1. The largest absolute Gasteiger partial charge is 0.494 e. The first-order chi connectivity index (χ1) is 11.4. The van der Waals surface area contributed by atoms with E-state index in [9.17, 15) is 14.7 Å². The van der Waals surface area contributed by atoms with Gasteiger partial charge in [0.05, 0.1) is 12.1 Å². The molecular weight excluding hydrogens is 328 g/mol. The first-order valence-corrected chi connectivity index (χ1v) is 8.56. The molecule has 128 valence electrons. The number of carbonyl (C=O) groups is 2. The molecule has 2 aromatic rings. The van der Waals surface area contributed by atoms with Crippen LogP contribution in [-0.4, -0.2) is 40.4 Å². The standard InChI is InChI=1S/C17H20N2O4S/c1-4-23-12-5-6-14-13(8-12)16(7-10(2)18-14)24-9-15(17(21)22)19-11(3)20/h5-8,15H,4,9H2,1-3H3,(H,19,20)(H,21,22)/t15-/m0/s1. The highest BCUT2D eigenvalue weighted by molar-refractivity contribution is 7.99. The molecule has 1 amide bonds. The fourth-order valence-corrected chi connectivity index (χ4v) is 3.41. The third kappa shape index (κ3) is 4.61. The molecule has 0 aliphatic rings. The van der Waals surface area contributed by atoms with Crippen molar-refractivity contribution in [3.8, 4) is 5.75 Å². The summed E-state index contributed by atoms with van der Waals surface area (Å²) in [6.45, 7) is 5.68. The van der Waals surface area contributed by atoms with Crippen molar-refractivity contribution < 1.29 is 19.4 Å². The van der Waals surface area contributed by atoms with E-state index in [0.717, 1.165) is 27.2 Å². The molecule has 0 saturated heterocycles. The van der Waals surface area contributed by atoms with Crippen LogP contribution in [0.15, 0.2) is 29.2 Å². The summed E-state index contributed by atoms with van der Waals surface area (Å²) in [7, 11) is 0. The van der Waals surface area contributed by atoms with Crippen LogP contribution in [0.1, 0.15) is 19.5 Å². The van der Waals surface area contributed by atoms with Crippen LogP contribution < -0.4 is 10.1 Å². The summed E-state index contributed by atoms with van der Waals surface area (Å²) in [4.78, 5) is 27.8. The van der Waals surface area contributed by atoms with Gasteiger partial charge in [0, 0.05) is 28.7 Å². The Labute approximate surface area is 144 Å². The van der Waals surface area contributed by atoms with E-state index in [2.05, 4.69) is 10.3 Å². The Morgan fingerprint density at radius 2 is 2.12 bits per heavy atom. The number of aliphatic carboxylic acids is 1. The molecule has 2 rings (SSSR count). The lowest BCUT2D eigenvalue weighted by atomic mass is 10.2. The molecule has 24 heavy (non-hydrogen) atoms. The number of hydrogen-bond donors (Lipinski definition) is 2. The predicted molar refractivity (Wildman–Crippen MR) is 93.6 cm³/mol. The monoisotopic (exact) mass is 348 g/mol. The van der Waals surface area contributed by atoms with Crippen LogP contribution in [0, 0.1) is 6.92 Å². The van der Waals surface area contributed by atoms with Crippen molar-refractivity contribution in [1.29, 1.82) is 0 Å². The van der Waals surface area contributed by atoms with Crippen molar-refractivity contribution in [1.82, 2.24) is 10.3 Å². The second-order valence-corrected chi connectivity index (χ2v) is 6.34. The SMILES string of the molecule is CCOc1ccc2nc(C)cc(SC[C@H](NC(C)=O)C(=O)O)c2c1. The highest BCUT2D eigenvalue weighted by atomic mass is 32.2. The van der Waals surface area contributed by atoms with Gasteiger partial charge in [0.25, 0.3) is 0 Å². The number of aryl methyl sites for hydroxylation is 1. The van der Waals surface area contributed by atoms with E-state index in [1.165, 1.54) is 18.7 Å². The molecule has 1 aromatic heterocycles. The average Bonchev–Trinajstić information content (AvgIpc) is 2.51. The Balaban J connectivity index is 2.30. The van der Waals surface area contributed by atoms with Gasteiger partial charge in [-0.25, -0.2) is 4.79 Å². The van der Waals surface area contributed by atoms with Gasteiger partial charge in [-0.3, -0.25) is 9.78 Å². The number of nitrogens with one attached hydrogen (secondary N) is 1. The van der Waals surface area contributed by atoms with Gasteiger partial charge in [-0.05, 0) is 38.1 Å². The number of benzene rings is 1. The van der Waals surface area contributed by atoms with E-state index in [0.29, 0.717) is 6.61 Å². The smallest absolute Gasteiger partial charge is 0.327 e. The number of ether oxygens (including phenoxy) is 1. The quantitative estimate of drug-likeness (QED) is 0.748. The van der Waals surface area contributed by atoms with Gasteiger partial charge in [0.1, 0.15) is 11.8 Å². The van der Waals surface area contributed by atoms with Crippen LogP contribution in [0.3, 0.4) is 0 Å². The van der Waals surface area contributed by atoms with E-state index >= 15 is 0 Å². The predicted octanol–water partition coefficient (Wildman–Crippen LogP) is 2.62. The number of thioether (sulfide) groups is 1. The number of aromatic nitrogens is 1. The number of amides is 1. The zero-order chi connectivity index (χ0) is 17.7. The highest BCUT2D eigenvalue weighted by Gasteiger charge is 2.19. The maximum absolute atomic E-state index is 11.3. The maximum Gasteiger partial charge on any atom is 0.327 e. The van der Waals surface area contributed by atoms with Gasteiger partial charge in [0.15, 0.2) is 0 Å². The Morgan fingerprint density at radius 3 is 2.75 bits per heavy atom. The van der Waals surface area contributed by atoms with E-state index in [-0.39, 0.29) is 11.7 Å². The number of pyridine rings is 1. The lowest BCUT2D eigenvalue weighted by Crippen LogP contribution is -2.41. The van der Waals surface area contributed by atoms with Gasteiger partial charge >= 0.3 is 5.97 Å². The molecule has 0 aliphatic heterocycles. The molecule has 0 aliphatic carbocycles. The number of fused-ring (bicyclic) bond motifs is 1. The molecule has 0 saturated carbocycles. The fourth-order valence-electron chi connectivity index (χ4n) is 2.27. The molecule has 0 unspecified atom stereocenters. The summed E-state index contributed by atoms with van der Waals surface area (Å²) in [6.07, 6.45) is 0. The number of carbonyl (C=O) groups excluding carboxylic acids is 1. The van der Waals surface area contributed by atoms with E-state index < -0.39 is 12.0 Å². The Bertz CT molecular complexity index is 764. The lowest BCUT2D eigenvalue weighted by molar-refractivity contribution is -0.140. The van der Waals surface area contributed by atoms with Crippen molar-refractivity contribution in [2.75, 3.05) is 12.4 Å². The summed E-state index contributed by atoms with van der Waals surface area (Å²) >= 11 is 1.38. The number of carboxylic acid groups (broad SMARTS) is 1. The Hall–Kier alpha value is -2.28. The number of rotatable bonds is 7. The van der Waals surface area contributed by atoms with Crippen molar-refractivity contribution in [3.63, 3.8) is 0 Å². The van der Waals surface area contributed by atoms with E-state index in [1.807, 2.05) is 38.1 Å². The normalized spacial score (nSPS) is 12.0. The van der Waals surface area contributed by atoms with Crippen molar-refractivity contribution >= 4 is 34.5 Å². The van der Waals surface area contributed by atoms with Crippen LogP contribution >= 0.6 is 11.8 Å². The van der Waals surface area contributed by atoms with E-state index in [4.69, 9.17) is 4.74 Å². The molecule has 0 fully saturated rings. The van der Waals surface area contributed by atoms with Crippen LogP contribution in [-0.2, 0) is 9.59 Å². The molecule has 7 heteroatoms. The Morgan fingerprint density at radius 1 is 1.38 bits per heavy atom. The molecule has 2 N–H and O–H groups in total. The van der Waals surface area contributed by atoms with Crippen molar-refractivity contribution in [2.24, 2.45) is 0 Å². The second-order valence-electron chi connectivity index (χ2n) is 5.28. The van der Waals surface area contributed by atoms with Crippen LogP contribution in [0.2, 0.25) is 0 Å². The van der Waals surface area contributed by atoms with Gasteiger partial charge < -0.3 is 15.2 Å². The molecule has 1 atom stereocenters. The van der Waals surface area contributed by atoms with Crippen LogP contribution in [0.25, 0.3) is 10.9 Å². The van der Waals surface area contributed by atoms with Gasteiger partial charge in [-0.15, -0.1) is 11.8 Å². The van der Waals surface area contributed by atoms with Crippen LogP contribution in [0.4, 0.5) is 0 Å². The molecule has 1 aromatic carbocycles. The second kappa shape index (κ2) is 8.01. The van der Waals surface area contributed by atoms with Crippen molar-refractivity contribution in [3.05, 3.63) is 30.0 Å². The summed E-state index contributed by atoms with van der Waals surface area (Å²) in [5.41, 5.74) is 1.67. The average molecular weight is 348 g/mol. The molecule has 0 bridgehead atoms. The first-order valence-electron chi connectivity index (χ1n) is 7.57. The van der Waals surface area contributed by atoms with E-state index in [1.54, 1.807) is 0 Å². The molecule has 0 radical (unpaired) electrons. The van der Waals surface area contributed by atoms with Crippen molar-refractivity contribution in [2.45, 2.75) is 31.7 Å². The number of hydrogen-bond acceptors (Lipinski definition) is 5. The minimum atomic E-state index is -1.05. The molecule has 0 spiro atoms. The van der Waals surface area contributed by atoms with Gasteiger partial charge in [-0.1, -0.05) is 0 Å². The minimum absolute atomic E-state index is 0.229. The molecule has 1 heterocycles. The number of nitrogens with zero attached hydrogens (tertiary/aromatic N) is 1. The topological polar surface area (TPSA) is 88.5 Å². The van der Waals surface area contributed by atoms with Crippen LogP contribution in [0.5, 0.6) is 5.75 Å². The van der Waals surface area contributed by atoms with Gasteiger partial charge in [-0.2, -0.15) is 0 Å². The Kier molecular flexibility index (Phi) is 6.03. The zero-order valence-corrected chi connectivity index (χ0v) is 14.6. The molecular formula is C17H20N2O4S. The maximum atomic E-state index is 11.3. The lowest BCUT2D eigenvalue weighted by Gasteiger charge is -2.14. The third-order valence-electron chi connectivity index (χ3n) is 3.26. The highest BCUT2D eigenvalue weighted by Crippen LogP contribution is 2.31. The molecule has 6 nitrogen and oxygen atoms in total.